The van der Waals surface area contributed by atoms with Crippen LogP contribution in [0, 0.1) is 17.0 Å². The van der Waals surface area contributed by atoms with Gasteiger partial charge in [-0.15, -0.1) is 0 Å². The number of halogens is 1. The highest BCUT2D eigenvalue weighted by Crippen LogP contribution is 2.39. The predicted molar refractivity (Wildman–Crippen MR) is 137 cm³/mol. The van der Waals surface area contributed by atoms with Gasteiger partial charge in [0, 0.05) is 16.6 Å². The lowest BCUT2D eigenvalue weighted by Gasteiger charge is -2.29. The number of amides is 2. The third-order valence-corrected chi connectivity index (χ3v) is 6.77. The number of hydrazone groups is 1. The zero-order valence-corrected chi connectivity index (χ0v) is 20.8. The van der Waals surface area contributed by atoms with Crippen molar-refractivity contribution in [3.63, 3.8) is 0 Å². The number of anilines is 1. The van der Waals surface area contributed by atoms with E-state index in [1.807, 2.05) is 55.5 Å². The number of aryl methyl sites for hydroxylation is 1. The van der Waals surface area contributed by atoms with Crippen molar-refractivity contribution in [3.05, 3.63) is 104 Å². The highest BCUT2D eigenvalue weighted by Gasteiger charge is 2.48. The van der Waals surface area contributed by atoms with Gasteiger partial charge in [0.1, 0.15) is 12.6 Å². The molecule has 3 aromatic carbocycles. The Morgan fingerprint density at radius 3 is 2.44 bits per heavy atom. The van der Waals surface area contributed by atoms with Crippen LogP contribution in [-0.2, 0) is 9.53 Å². The zero-order valence-electron chi connectivity index (χ0n) is 19.2. The summed E-state index contributed by atoms with van der Waals surface area (Å²) in [7, 11) is 0. The number of carbonyl (C=O) groups is 2. The number of rotatable bonds is 5. The lowest BCUT2D eigenvalue weighted by Crippen LogP contribution is -2.48. The molecular formula is C26H21BrN4O5. The van der Waals surface area contributed by atoms with Gasteiger partial charge in [-0.25, -0.2) is 9.69 Å². The van der Waals surface area contributed by atoms with Gasteiger partial charge in [-0.3, -0.25) is 19.9 Å². The second kappa shape index (κ2) is 9.54. The molecule has 9 nitrogen and oxygen atoms in total. The number of cyclic esters (lactones) is 1. The number of non-ortho nitro benzene ring substituents is 1. The second-order valence-electron chi connectivity index (χ2n) is 8.55. The monoisotopic (exact) mass is 548 g/mol. The van der Waals surface area contributed by atoms with E-state index in [0.29, 0.717) is 17.0 Å². The van der Waals surface area contributed by atoms with E-state index in [1.165, 1.54) is 12.1 Å². The first-order valence-corrected chi connectivity index (χ1v) is 12.1. The topological polar surface area (TPSA) is 105 Å². The minimum Gasteiger partial charge on any atom is -0.447 e. The van der Waals surface area contributed by atoms with Crippen molar-refractivity contribution in [1.29, 1.82) is 0 Å². The number of nitro benzene ring substituents is 1. The molecule has 0 radical (unpaired) electrons. The van der Waals surface area contributed by atoms with E-state index in [9.17, 15) is 19.7 Å². The summed E-state index contributed by atoms with van der Waals surface area (Å²) in [5.41, 5.74) is 3.75. The molecule has 1 saturated heterocycles. The quantitative estimate of drug-likeness (QED) is 0.327. The van der Waals surface area contributed by atoms with Crippen LogP contribution in [-0.4, -0.2) is 46.7 Å². The first-order chi connectivity index (χ1) is 17.3. The molecule has 182 valence electrons. The fourth-order valence-electron chi connectivity index (χ4n) is 4.53. The van der Waals surface area contributed by atoms with E-state index < -0.39 is 28.9 Å². The Bertz CT molecular complexity index is 1370. The minimum atomic E-state index is -0.909. The number of imide groups is 1. The molecule has 0 aliphatic carbocycles. The number of nitro groups is 1. The third kappa shape index (κ3) is 4.35. The Balaban J connectivity index is 1.68. The molecule has 2 atom stereocenters. The van der Waals surface area contributed by atoms with Crippen molar-refractivity contribution in [2.75, 3.05) is 18.2 Å². The molecule has 36 heavy (non-hydrogen) atoms. The van der Waals surface area contributed by atoms with Gasteiger partial charge in [-0.2, -0.15) is 5.10 Å². The molecule has 2 amide bonds. The Morgan fingerprint density at radius 2 is 1.83 bits per heavy atom. The molecule has 1 fully saturated rings. The van der Waals surface area contributed by atoms with Gasteiger partial charge in [0.05, 0.1) is 28.8 Å². The number of ether oxygens (including phenoxy) is 1. The van der Waals surface area contributed by atoms with E-state index in [0.717, 1.165) is 20.5 Å². The molecule has 5 rings (SSSR count). The maximum absolute atomic E-state index is 13.9. The Labute approximate surface area is 215 Å². The van der Waals surface area contributed by atoms with Crippen LogP contribution in [0.15, 0.2) is 82.4 Å². The average Bonchev–Trinajstić information content (AvgIpc) is 3.48. The van der Waals surface area contributed by atoms with Crippen LogP contribution in [0.2, 0.25) is 0 Å². The van der Waals surface area contributed by atoms with Gasteiger partial charge in [-0.05, 0) is 42.3 Å². The van der Waals surface area contributed by atoms with E-state index >= 15 is 0 Å². The summed E-state index contributed by atoms with van der Waals surface area (Å²) in [4.78, 5) is 38.2. The van der Waals surface area contributed by atoms with Crippen molar-refractivity contribution in [3.8, 4) is 0 Å². The van der Waals surface area contributed by atoms with Crippen LogP contribution in [0.5, 0.6) is 0 Å². The summed E-state index contributed by atoms with van der Waals surface area (Å²) in [6, 6.07) is 20.3. The summed E-state index contributed by atoms with van der Waals surface area (Å²) in [5.74, 6) is -1.05. The highest BCUT2D eigenvalue weighted by atomic mass is 79.9. The first kappa shape index (κ1) is 23.7. The number of benzene rings is 3. The van der Waals surface area contributed by atoms with Crippen molar-refractivity contribution in [2.45, 2.75) is 18.9 Å². The Morgan fingerprint density at radius 1 is 1.11 bits per heavy atom. The van der Waals surface area contributed by atoms with Gasteiger partial charge in [-0.1, -0.05) is 57.9 Å². The van der Waals surface area contributed by atoms with Crippen LogP contribution in [0.25, 0.3) is 0 Å². The lowest BCUT2D eigenvalue weighted by atomic mass is 9.84. The summed E-state index contributed by atoms with van der Waals surface area (Å²) in [6.45, 7) is 2.24. The molecule has 0 aromatic heterocycles. The van der Waals surface area contributed by atoms with Crippen LogP contribution < -0.4 is 5.01 Å². The van der Waals surface area contributed by atoms with Gasteiger partial charge in [0.2, 0.25) is 0 Å². The van der Waals surface area contributed by atoms with Gasteiger partial charge >= 0.3 is 6.09 Å². The second-order valence-corrected chi connectivity index (χ2v) is 9.47. The molecule has 3 aromatic rings. The first-order valence-electron chi connectivity index (χ1n) is 11.3. The average molecular weight is 549 g/mol. The fourth-order valence-corrected chi connectivity index (χ4v) is 4.79. The number of nitrogens with zero attached hydrogens (tertiary/aromatic N) is 4. The van der Waals surface area contributed by atoms with Gasteiger partial charge in [0.25, 0.3) is 11.6 Å². The number of hydrogen-bond donors (Lipinski definition) is 0. The van der Waals surface area contributed by atoms with Gasteiger partial charge < -0.3 is 4.74 Å². The maximum atomic E-state index is 13.9. The zero-order chi connectivity index (χ0) is 25.4. The normalized spacial score (nSPS) is 19.3. The van der Waals surface area contributed by atoms with E-state index in [1.54, 1.807) is 17.1 Å². The van der Waals surface area contributed by atoms with Crippen LogP contribution in [0.1, 0.15) is 22.6 Å². The van der Waals surface area contributed by atoms with Crippen molar-refractivity contribution in [2.24, 2.45) is 5.10 Å². The highest BCUT2D eigenvalue weighted by molar-refractivity contribution is 9.10. The van der Waals surface area contributed by atoms with E-state index in [2.05, 4.69) is 15.9 Å². The predicted octanol–water partition coefficient (Wildman–Crippen LogP) is 5.02. The van der Waals surface area contributed by atoms with Crippen molar-refractivity contribution >= 4 is 45.0 Å². The summed E-state index contributed by atoms with van der Waals surface area (Å²) < 4.78 is 5.91. The third-order valence-electron chi connectivity index (χ3n) is 6.24. The fraction of sp³-hybridized carbons (Fsp3) is 0.192. The van der Waals surface area contributed by atoms with E-state index in [-0.39, 0.29) is 18.8 Å². The molecule has 2 aliphatic heterocycles. The lowest BCUT2D eigenvalue weighted by molar-refractivity contribution is -0.384. The van der Waals surface area contributed by atoms with Crippen molar-refractivity contribution in [1.82, 2.24) is 4.90 Å². The summed E-state index contributed by atoms with van der Waals surface area (Å²) in [6.07, 6.45) is -0.692. The largest absolute Gasteiger partial charge is 0.447 e. The van der Waals surface area contributed by atoms with Gasteiger partial charge in [0.15, 0.2) is 0 Å². The maximum Gasteiger partial charge on any atom is 0.416 e. The van der Waals surface area contributed by atoms with Crippen molar-refractivity contribution < 1.29 is 19.2 Å². The standard InChI is InChI=1S/C26H21BrN4O5/c1-16-3-2-4-18(15-16)23-22(17-5-9-21(10-6-17)31(34)35)24(25(32)29-13-14-36-26(29)33)30(28-23)20-11-7-19(27)8-12-20/h2-12,15,22,24H,13-14H2,1H3/t22-,24+/m1/s1. The number of carbonyl (C=O) groups excluding carboxylic acids is 2. The Hall–Kier alpha value is -4.05. The molecule has 0 N–H and O–H groups in total. The molecule has 2 heterocycles. The molecule has 0 bridgehead atoms. The van der Waals surface area contributed by atoms with Crippen LogP contribution in [0.3, 0.4) is 0 Å². The molecule has 10 heteroatoms. The van der Waals surface area contributed by atoms with Crippen LogP contribution in [0.4, 0.5) is 16.2 Å². The molecule has 0 spiro atoms. The molecule has 2 aliphatic rings. The summed E-state index contributed by atoms with van der Waals surface area (Å²) >= 11 is 3.44. The SMILES string of the molecule is Cc1cccc(C2=NN(c3ccc(Br)cc3)[C@H](C(=O)N3CCOC3=O)[C@@H]2c2ccc([N+](=O)[O-])cc2)c1. The van der Waals surface area contributed by atoms with E-state index in [4.69, 9.17) is 9.84 Å². The molecule has 0 saturated carbocycles. The van der Waals surface area contributed by atoms with Crippen LogP contribution >= 0.6 is 15.9 Å². The molecular weight excluding hydrogens is 528 g/mol. The Kier molecular flexibility index (Phi) is 6.27. The smallest absolute Gasteiger partial charge is 0.416 e. The number of hydrogen-bond acceptors (Lipinski definition) is 7. The molecule has 0 unspecified atom stereocenters. The minimum absolute atomic E-state index is 0.0541. The summed E-state index contributed by atoms with van der Waals surface area (Å²) in [5, 5.41) is 17.8.